The van der Waals surface area contributed by atoms with Crippen molar-refractivity contribution in [3.63, 3.8) is 0 Å². The first-order chi connectivity index (χ1) is 8.08. The lowest BCUT2D eigenvalue weighted by Gasteiger charge is -2.28. The molecule has 1 aliphatic rings. The standard InChI is InChI=1S/C13H17NO3/c14-8-13(12(16)17,10-4-5-10)7-9-2-1-3-11(15)6-9/h1-3,6,10,15H,4-5,7-8,14H2,(H,16,17). The van der Waals surface area contributed by atoms with Gasteiger partial charge in [0.25, 0.3) is 0 Å². The van der Waals surface area contributed by atoms with Crippen molar-refractivity contribution in [3.05, 3.63) is 29.8 Å². The maximum absolute atomic E-state index is 11.5. The molecule has 0 saturated heterocycles. The Morgan fingerprint density at radius 2 is 2.18 bits per heavy atom. The van der Waals surface area contributed by atoms with Gasteiger partial charge in [-0.3, -0.25) is 4.79 Å². The minimum Gasteiger partial charge on any atom is -0.508 e. The summed E-state index contributed by atoms with van der Waals surface area (Å²) in [6.45, 7) is 0.142. The number of carboxylic acid groups (broad SMARTS) is 1. The van der Waals surface area contributed by atoms with Crippen LogP contribution in [0.25, 0.3) is 0 Å². The Hall–Kier alpha value is -1.55. The minimum absolute atomic E-state index is 0.142. The zero-order valence-electron chi connectivity index (χ0n) is 9.60. The molecule has 0 radical (unpaired) electrons. The first-order valence-corrected chi connectivity index (χ1v) is 5.80. The van der Waals surface area contributed by atoms with Crippen molar-refractivity contribution < 1.29 is 15.0 Å². The van der Waals surface area contributed by atoms with Crippen molar-refractivity contribution >= 4 is 5.97 Å². The maximum Gasteiger partial charge on any atom is 0.311 e. The summed E-state index contributed by atoms with van der Waals surface area (Å²) in [4.78, 5) is 11.5. The highest BCUT2D eigenvalue weighted by atomic mass is 16.4. The zero-order valence-corrected chi connectivity index (χ0v) is 9.60. The van der Waals surface area contributed by atoms with Crippen LogP contribution in [0.5, 0.6) is 5.75 Å². The van der Waals surface area contributed by atoms with Gasteiger partial charge in [0.05, 0.1) is 5.41 Å². The number of nitrogens with two attached hydrogens (primary N) is 1. The van der Waals surface area contributed by atoms with Crippen LogP contribution >= 0.6 is 0 Å². The van der Waals surface area contributed by atoms with Crippen LogP contribution in [0.3, 0.4) is 0 Å². The van der Waals surface area contributed by atoms with Crippen molar-refractivity contribution in [3.8, 4) is 5.75 Å². The van der Waals surface area contributed by atoms with Gasteiger partial charge in [0, 0.05) is 6.54 Å². The normalized spacial score (nSPS) is 18.6. The summed E-state index contributed by atoms with van der Waals surface area (Å²) in [5.74, 6) is -0.493. The molecule has 4 N–H and O–H groups in total. The average molecular weight is 235 g/mol. The predicted octanol–water partition coefficient (Wildman–Crippen LogP) is 1.37. The fourth-order valence-electron chi connectivity index (χ4n) is 2.39. The van der Waals surface area contributed by atoms with E-state index in [0.717, 1.165) is 18.4 Å². The van der Waals surface area contributed by atoms with Crippen LogP contribution in [0.4, 0.5) is 0 Å². The largest absolute Gasteiger partial charge is 0.508 e. The van der Waals surface area contributed by atoms with Crippen molar-refractivity contribution in [2.24, 2.45) is 17.1 Å². The number of aromatic hydroxyl groups is 1. The molecule has 0 aromatic heterocycles. The molecule has 1 aliphatic carbocycles. The molecule has 1 aromatic carbocycles. The Kier molecular flexibility index (Phi) is 3.07. The molecule has 1 atom stereocenters. The van der Waals surface area contributed by atoms with Crippen molar-refractivity contribution in [1.82, 2.24) is 0 Å². The SMILES string of the molecule is NCC(Cc1cccc(O)c1)(C(=O)O)C1CC1. The number of carbonyl (C=O) groups is 1. The molecule has 1 saturated carbocycles. The van der Waals surface area contributed by atoms with Crippen LogP contribution in [0.1, 0.15) is 18.4 Å². The average Bonchev–Trinajstić information content (AvgIpc) is 3.09. The third-order valence-corrected chi connectivity index (χ3v) is 3.58. The number of phenols is 1. The smallest absolute Gasteiger partial charge is 0.311 e. The molecule has 1 aromatic rings. The van der Waals surface area contributed by atoms with Crippen LogP contribution in [0, 0.1) is 11.3 Å². The number of hydrogen-bond acceptors (Lipinski definition) is 3. The number of aliphatic carboxylic acids is 1. The lowest BCUT2D eigenvalue weighted by atomic mass is 9.77. The highest BCUT2D eigenvalue weighted by Crippen LogP contribution is 2.47. The molecule has 4 heteroatoms. The second-order valence-electron chi connectivity index (χ2n) is 4.79. The summed E-state index contributed by atoms with van der Waals surface area (Å²) in [5, 5.41) is 18.8. The minimum atomic E-state index is -0.867. The number of benzene rings is 1. The van der Waals surface area contributed by atoms with Crippen LogP contribution in [0.15, 0.2) is 24.3 Å². The van der Waals surface area contributed by atoms with Gasteiger partial charge in [0.1, 0.15) is 5.75 Å². The number of carboxylic acids is 1. The van der Waals surface area contributed by atoms with Crippen LogP contribution in [0.2, 0.25) is 0 Å². The van der Waals surface area contributed by atoms with E-state index in [1.165, 1.54) is 0 Å². The van der Waals surface area contributed by atoms with Crippen molar-refractivity contribution in [2.75, 3.05) is 6.54 Å². The van der Waals surface area contributed by atoms with E-state index >= 15 is 0 Å². The van der Waals surface area contributed by atoms with E-state index < -0.39 is 11.4 Å². The van der Waals surface area contributed by atoms with Crippen molar-refractivity contribution in [2.45, 2.75) is 19.3 Å². The Morgan fingerprint density at radius 1 is 1.47 bits per heavy atom. The molecule has 0 spiro atoms. The van der Waals surface area contributed by atoms with Gasteiger partial charge in [-0.1, -0.05) is 12.1 Å². The number of phenolic OH excluding ortho intramolecular Hbond substituents is 1. The van der Waals surface area contributed by atoms with Crippen molar-refractivity contribution in [1.29, 1.82) is 0 Å². The van der Waals surface area contributed by atoms with E-state index in [1.54, 1.807) is 18.2 Å². The molecule has 17 heavy (non-hydrogen) atoms. The molecular formula is C13H17NO3. The summed E-state index contributed by atoms with van der Waals surface area (Å²) in [7, 11) is 0. The lowest BCUT2D eigenvalue weighted by Crippen LogP contribution is -2.42. The third kappa shape index (κ3) is 2.26. The van der Waals surface area contributed by atoms with E-state index in [9.17, 15) is 15.0 Å². The molecule has 2 rings (SSSR count). The summed E-state index contributed by atoms with van der Waals surface area (Å²) >= 11 is 0. The lowest BCUT2D eigenvalue weighted by molar-refractivity contribution is -0.149. The van der Waals surface area contributed by atoms with E-state index in [1.807, 2.05) is 6.07 Å². The molecule has 0 bridgehead atoms. The topological polar surface area (TPSA) is 83.5 Å². The molecule has 92 valence electrons. The number of hydrogen-bond donors (Lipinski definition) is 3. The summed E-state index contributed by atoms with van der Waals surface area (Å²) in [6, 6.07) is 6.73. The highest BCUT2D eigenvalue weighted by molar-refractivity contribution is 5.76. The molecule has 1 unspecified atom stereocenters. The Morgan fingerprint density at radius 3 is 2.65 bits per heavy atom. The summed E-state index contributed by atoms with van der Waals surface area (Å²) in [5.41, 5.74) is 5.65. The molecule has 0 aliphatic heterocycles. The number of rotatable bonds is 5. The molecular weight excluding hydrogens is 218 g/mol. The van der Waals surface area contributed by atoms with Gasteiger partial charge in [-0.2, -0.15) is 0 Å². The highest BCUT2D eigenvalue weighted by Gasteiger charge is 2.50. The Bertz CT molecular complexity index is 428. The quantitative estimate of drug-likeness (QED) is 0.719. The second-order valence-corrected chi connectivity index (χ2v) is 4.79. The fourth-order valence-corrected chi connectivity index (χ4v) is 2.39. The van der Waals surface area contributed by atoms with E-state index in [-0.39, 0.29) is 18.2 Å². The monoisotopic (exact) mass is 235 g/mol. The van der Waals surface area contributed by atoms with E-state index in [4.69, 9.17) is 5.73 Å². The van der Waals surface area contributed by atoms with Gasteiger partial charge in [0.2, 0.25) is 0 Å². The third-order valence-electron chi connectivity index (χ3n) is 3.58. The van der Waals surface area contributed by atoms with Gasteiger partial charge in [0.15, 0.2) is 0 Å². The van der Waals surface area contributed by atoms with Crippen LogP contribution < -0.4 is 5.73 Å². The summed E-state index contributed by atoms with van der Waals surface area (Å²) in [6.07, 6.45) is 2.25. The van der Waals surface area contributed by atoms with Crippen LogP contribution in [-0.2, 0) is 11.2 Å². The first kappa shape index (κ1) is 11.9. The zero-order chi connectivity index (χ0) is 12.5. The maximum atomic E-state index is 11.5. The van der Waals surface area contributed by atoms with Gasteiger partial charge in [-0.15, -0.1) is 0 Å². The molecule has 0 amide bonds. The predicted molar refractivity (Wildman–Crippen MR) is 63.7 cm³/mol. The van der Waals surface area contributed by atoms with E-state index in [0.29, 0.717) is 6.42 Å². The van der Waals surface area contributed by atoms with Gasteiger partial charge >= 0.3 is 5.97 Å². The van der Waals surface area contributed by atoms with E-state index in [2.05, 4.69) is 0 Å². The van der Waals surface area contributed by atoms with Gasteiger partial charge in [-0.05, 0) is 42.9 Å². The molecule has 0 heterocycles. The van der Waals surface area contributed by atoms with Gasteiger partial charge in [-0.25, -0.2) is 0 Å². The molecule has 1 fully saturated rings. The van der Waals surface area contributed by atoms with Crippen LogP contribution in [-0.4, -0.2) is 22.7 Å². The summed E-state index contributed by atoms with van der Waals surface area (Å²) < 4.78 is 0. The fraction of sp³-hybridized carbons (Fsp3) is 0.462. The first-order valence-electron chi connectivity index (χ1n) is 5.80. The Labute approximate surface area is 100 Å². The second kappa shape index (κ2) is 4.37. The molecule has 4 nitrogen and oxygen atoms in total. The Balaban J connectivity index is 2.26. The van der Waals surface area contributed by atoms with Gasteiger partial charge < -0.3 is 15.9 Å².